The molecule has 0 fully saturated rings. The number of carbonyl (C=O) groups is 1. The van der Waals surface area contributed by atoms with Crippen LogP contribution in [0.25, 0.3) is 22.0 Å². The molecule has 3 aromatic rings. The van der Waals surface area contributed by atoms with E-state index in [4.69, 9.17) is 18.9 Å². The van der Waals surface area contributed by atoms with Crippen LogP contribution in [0.4, 0.5) is 0 Å². The maximum absolute atomic E-state index is 13.6. The normalized spacial score (nSPS) is 13.4. The molecule has 2 aliphatic rings. The predicted molar refractivity (Wildman–Crippen MR) is 119 cm³/mol. The first-order chi connectivity index (χ1) is 15.6. The van der Waals surface area contributed by atoms with Gasteiger partial charge in [0.1, 0.15) is 0 Å². The van der Waals surface area contributed by atoms with Crippen LogP contribution in [0.5, 0.6) is 23.0 Å². The molecule has 0 saturated heterocycles. The number of carbonyl (C=O) groups excluding carboxylic acids is 1. The topological polar surface area (TPSA) is 88.0 Å². The second-order valence-electron chi connectivity index (χ2n) is 7.72. The molecule has 0 spiro atoms. The first-order valence-corrected chi connectivity index (χ1v) is 10.6. The Bertz CT molecular complexity index is 1310. The van der Waals surface area contributed by atoms with Gasteiger partial charge < -0.3 is 28.8 Å². The Morgan fingerprint density at radius 3 is 2.28 bits per heavy atom. The monoisotopic (exact) mass is 436 g/mol. The predicted octanol–water partition coefficient (Wildman–Crippen LogP) is 2.96. The minimum Gasteiger partial charge on any atom is -0.493 e. The molecule has 2 aromatic carbocycles. The molecule has 8 heteroatoms. The third-order valence-corrected chi connectivity index (χ3v) is 6.00. The molecule has 1 N–H and O–H groups in total. The second-order valence-corrected chi connectivity index (χ2v) is 7.72. The number of hydrogen-bond donors (Lipinski definition) is 1. The van der Waals surface area contributed by atoms with Crippen LogP contribution in [0.15, 0.2) is 29.1 Å². The van der Waals surface area contributed by atoms with Crippen molar-refractivity contribution in [2.45, 2.75) is 19.9 Å². The lowest BCUT2D eigenvalue weighted by molar-refractivity contribution is 0.104. The van der Waals surface area contributed by atoms with Gasteiger partial charge in [0.25, 0.3) is 5.56 Å². The van der Waals surface area contributed by atoms with Crippen LogP contribution in [0.1, 0.15) is 29.3 Å². The smallest absolute Gasteiger partial charge is 0.259 e. The third-order valence-electron chi connectivity index (χ3n) is 6.00. The Morgan fingerprint density at radius 2 is 1.62 bits per heavy atom. The highest BCUT2D eigenvalue weighted by atomic mass is 16.7. The van der Waals surface area contributed by atoms with Crippen LogP contribution < -0.4 is 29.8 Å². The number of nitrogens with zero attached hydrogens (tertiary/aromatic N) is 1. The van der Waals surface area contributed by atoms with Crippen molar-refractivity contribution in [3.63, 3.8) is 0 Å². The van der Waals surface area contributed by atoms with Crippen LogP contribution >= 0.6 is 0 Å². The van der Waals surface area contributed by atoms with Crippen molar-refractivity contribution in [3.8, 4) is 34.3 Å². The number of ketones is 1. The summed E-state index contributed by atoms with van der Waals surface area (Å²) in [6.07, 6.45) is 0.743. The van der Waals surface area contributed by atoms with Gasteiger partial charge in [-0.15, -0.1) is 0 Å². The van der Waals surface area contributed by atoms with E-state index in [2.05, 4.69) is 5.32 Å². The van der Waals surface area contributed by atoms with Gasteiger partial charge in [-0.2, -0.15) is 0 Å². The van der Waals surface area contributed by atoms with E-state index in [1.54, 1.807) is 28.8 Å². The highest BCUT2D eigenvalue weighted by molar-refractivity contribution is 6.27. The molecule has 5 rings (SSSR count). The maximum atomic E-state index is 13.6. The van der Waals surface area contributed by atoms with Gasteiger partial charge in [0.15, 0.2) is 28.8 Å². The van der Waals surface area contributed by atoms with E-state index < -0.39 is 0 Å². The van der Waals surface area contributed by atoms with E-state index in [-0.39, 0.29) is 18.1 Å². The molecule has 0 bridgehead atoms. The highest BCUT2D eigenvalue weighted by Gasteiger charge is 2.35. The maximum Gasteiger partial charge on any atom is 0.259 e. The highest BCUT2D eigenvalue weighted by Crippen LogP contribution is 2.46. The van der Waals surface area contributed by atoms with Crippen molar-refractivity contribution in [1.82, 2.24) is 9.88 Å². The van der Waals surface area contributed by atoms with Gasteiger partial charge in [0.2, 0.25) is 6.79 Å². The van der Waals surface area contributed by atoms with Gasteiger partial charge in [0, 0.05) is 23.1 Å². The number of methoxy groups -OCH3 is 2. The number of nitrogens with one attached hydrogen (secondary N) is 1. The summed E-state index contributed by atoms with van der Waals surface area (Å²) >= 11 is 0. The van der Waals surface area contributed by atoms with Crippen molar-refractivity contribution in [3.05, 3.63) is 45.7 Å². The summed E-state index contributed by atoms with van der Waals surface area (Å²) in [7, 11) is 3.05. The van der Waals surface area contributed by atoms with Crippen LogP contribution in [0, 0.1) is 0 Å². The quantitative estimate of drug-likeness (QED) is 0.446. The lowest BCUT2D eigenvalue weighted by atomic mass is 10.0. The van der Waals surface area contributed by atoms with Gasteiger partial charge in [-0.25, -0.2) is 0 Å². The standard InChI is InChI=1S/C24H24N2O6/c1-4-25-6-5-7-26-22-14-9-19-20(32-12-31-19)10-15(14)23(27)21(22)13-8-17(29-2)18(30-3)11-16(13)24(26)28/h8-11,25H,4-7,12H2,1-3H3. The average Bonchev–Trinajstić information content (AvgIpc) is 3.38. The van der Waals surface area contributed by atoms with E-state index in [1.165, 1.54) is 14.2 Å². The molecular formula is C24H24N2O6. The van der Waals surface area contributed by atoms with Gasteiger partial charge >= 0.3 is 0 Å². The number of aromatic nitrogens is 1. The molecule has 1 aromatic heterocycles. The number of pyridine rings is 1. The van der Waals surface area contributed by atoms with Crippen LogP contribution in [-0.4, -0.2) is 44.5 Å². The average molecular weight is 436 g/mol. The summed E-state index contributed by atoms with van der Waals surface area (Å²) in [5.74, 6) is 1.87. The molecule has 2 heterocycles. The minimum atomic E-state index is -0.172. The van der Waals surface area contributed by atoms with Crippen molar-refractivity contribution >= 4 is 16.6 Å². The van der Waals surface area contributed by atoms with Crippen molar-refractivity contribution in [2.75, 3.05) is 34.1 Å². The molecule has 0 unspecified atom stereocenters. The summed E-state index contributed by atoms with van der Waals surface area (Å²) in [5.41, 5.74) is 2.12. The Labute approximate surface area is 184 Å². The van der Waals surface area contributed by atoms with Crippen molar-refractivity contribution in [1.29, 1.82) is 0 Å². The largest absolute Gasteiger partial charge is 0.493 e. The molecule has 32 heavy (non-hydrogen) atoms. The first kappa shape index (κ1) is 20.4. The Hall–Kier alpha value is -3.52. The third kappa shape index (κ3) is 2.94. The molecule has 0 atom stereocenters. The lowest BCUT2D eigenvalue weighted by Crippen LogP contribution is -2.25. The summed E-state index contributed by atoms with van der Waals surface area (Å²) in [6.45, 7) is 4.25. The van der Waals surface area contributed by atoms with E-state index in [9.17, 15) is 9.59 Å². The minimum absolute atomic E-state index is 0.115. The first-order valence-electron chi connectivity index (χ1n) is 10.6. The number of benzene rings is 2. The molecule has 0 radical (unpaired) electrons. The zero-order valence-corrected chi connectivity index (χ0v) is 18.2. The molecular weight excluding hydrogens is 412 g/mol. The summed E-state index contributed by atoms with van der Waals surface area (Å²) in [4.78, 5) is 27.2. The summed E-state index contributed by atoms with van der Waals surface area (Å²) < 4.78 is 23.6. The molecule has 1 aliphatic carbocycles. The van der Waals surface area contributed by atoms with Crippen LogP contribution in [0.3, 0.4) is 0 Å². The Morgan fingerprint density at radius 1 is 0.969 bits per heavy atom. The lowest BCUT2D eigenvalue weighted by Gasteiger charge is -2.17. The van der Waals surface area contributed by atoms with Crippen molar-refractivity contribution < 1.29 is 23.7 Å². The number of ether oxygens (including phenoxy) is 4. The molecule has 1 aliphatic heterocycles. The van der Waals surface area contributed by atoms with Crippen LogP contribution in [0.2, 0.25) is 0 Å². The fraction of sp³-hybridized carbons (Fsp3) is 0.333. The molecule has 8 nitrogen and oxygen atoms in total. The number of rotatable bonds is 7. The fourth-order valence-corrected chi connectivity index (χ4v) is 4.49. The number of fused-ring (bicyclic) bond motifs is 6. The Kier molecular flexibility index (Phi) is 5.01. The number of hydrogen-bond acceptors (Lipinski definition) is 7. The van der Waals surface area contributed by atoms with Gasteiger partial charge in [-0.1, -0.05) is 6.92 Å². The SMILES string of the molecule is CCNCCCn1c2c(c3cc(OC)c(OC)cc3c1=O)C(=O)c1cc3c(cc1-2)OCO3. The van der Waals surface area contributed by atoms with E-state index in [0.717, 1.165) is 19.5 Å². The molecule has 0 amide bonds. The van der Waals surface area contributed by atoms with E-state index in [0.29, 0.717) is 62.7 Å². The summed E-state index contributed by atoms with van der Waals surface area (Å²) in [6, 6.07) is 6.87. The fourth-order valence-electron chi connectivity index (χ4n) is 4.49. The van der Waals surface area contributed by atoms with E-state index in [1.807, 2.05) is 6.92 Å². The van der Waals surface area contributed by atoms with Gasteiger partial charge in [-0.05, 0) is 43.8 Å². The second kappa shape index (κ2) is 7.87. The van der Waals surface area contributed by atoms with Gasteiger partial charge in [-0.3, -0.25) is 9.59 Å². The Balaban J connectivity index is 1.80. The molecule has 166 valence electrons. The van der Waals surface area contributed by atoms with Crippen molar-refractivity contribution in [2.24, 2.45) is 0 Å². The van der Waals surface area contributed by atoms with Gasteiger partial charge in [0.05, 0.1) is 30.9 Å². The van der Waals surface area contributed by atoms with E-state index >= 15 is 0 Å². The zero-order chi connectivity index (χ0) is 22.4. The van der Waals surface area contributed by atoms with Crippen LogP contribution in [-0.2, 0) is 6.54 Å². The molecule has 0 saturated carbocycles. The summed E-state index contributed by atoms with van der Waals surface area (Å²) in [5, 5.41) is 4.25. The zero-order valence-electron chi connectivity index (χ0n) is 18.2.